The number of hydrogen-bond acceptors (Lipinski definition) is 0. The van der Waals surface area contributed by atoms with E-state index in [0.29, 0.717) is 0 Å². The van der Waals surface area contributed by atoms with Crippen LogP contribution in [-0.4, -0.2) is 0 Å². The molecule has 0 aromatic heterocycles. The fraction of sp³-hybridized carbons (Fsp3) is 0.400. The molecule has 1 aromatic carbocycles. The molecule has 0 heterocycles. The molecule has 1 aromatic rings. The van der Waals surface area contributed by atoms with Gasteiger partial charge in [0.2, 0.25) is 0 Å². The minimum Gasteiger partial charge on any atom is -0.236 e. The SMILES string of the molecule is CC.CCc1cc[c-]c(F)c1.[V]. The monoisotopic (exact) mass is 204 g/mol. The van der Waals surface area contributed by atoms with Crippen molar-refractivity contribution in [3.63, 3.8) is 0 Å². The summed E-state index contributed by atoms with van der Waals surface area (Å²) in [5.41, 5.74) is 1.02. The van der Waals surface area contributed by atoms with Crippen molar-refractivity contribution in [3.05, 3.63) is 35.6 Å². The first-order chi connectivity index (χ1) is 5.33. The Labute approximate surface area is 86.1 Å². The van der Waals surface area contributed by atoms with Crippen LogP contribution in [-0.2, 0) is 25.0 Å². The number of benzene rings is 1. The van der Waals surface area contributed by atoms with Crippen molar-refractivity contribution >= 4 is 0 Å². The van der Waals surface area contributed by atoms with Gasteiger partial charge in [0.1, 0.15) is 0 Å². The number of hydrogen-bond donors (Lipinski definition) is 0. The normalized spacial score (nSPS) is 7.67. The summed E-state index contributed by atoms with van der Waals surface area (Å²) in [7, 11) is 0. The van der Waals surface area contributed by atoms with Crippen molar-refractivity contribution in [1.29, 1.82) is 0 Å². The predicted octanol–water partition coefficient (Wildman–Crippen LogP) is 3.21. The van der Waals surface area contributed by atoms with Gasteiger partial charge in [0.25, 0.3) is 0 Å². The van der Waals surface area contributed by atoms with Crippen LogP contribution >= 0.6 is 0 Å². The van der Waals surface area contributed by atoms with Crippen LogP contribution in [0.25, 0.3) is 0 Å². The summed E-state index contributed by atoms with van der Waals surface area (Å²) in [6, 6.07) is 7.41. The summed E-state index contributed by atoms with van der Waals surface area (Å²) in [6.45, 7) is 5.99. The fourth-order valence-corrected chi connectivity index (χ4v) is 0.701. The molecular weight excluding hydrogens is 190 g/mol. The van der Waals surface area contributed by atoms with Gasteiger partial charge in [-0.25, -0.2) is 4.39 Å². The Bertz CT molecular complexity index is 199. The third kappa shape index (κ3) is 5.39. The minimum atomic E-state index is -0.269. The van der Waals surface area contributed by atoms with Crippen molar-refractivity contribution in [2.75, 3.05) is 0 Å². The van der Waals surface area contributed by atoms with Gasteiger partial charge < -0.3 is 0 Å². The van der Waals surface area contributed by atoms with Crippen molar-refractivity contribution in [3.8, 4) is 0 Å². The van der Waals surface area contributed by atoms with E-state index in [1.807, 2.05) is 26.8 Å². The molecular formula is C10H14FV-. The van der Waals surface area contributed by atoms with Crippen LogP contribution in [0.1, 0.15) is 26.3 Å². The summed E-state index contributed by atoms with van der Waals surface area (Å²) in [5.74, 6) is -0.269. The molecule has 0 aliphatic rings. The first kappa shape index (κ1) is 14.3. The van der Waals surface area contributed by atoms with Gasteiger partial charge in [0.15, 0.2) is 0 Å². The molecule has 0 nitrogen and oxygen atoms in total. The van der Waals surface area contributed by atoms with Crippen molar-refractivity contribution in [2.24, 2.45) is 0 Å². The largest absolute Gasteiger partial charge is 0.236 e. The first-order valence-corrected chi connectivity index (χ1v) is 3.99. The van der Waals surface area contributed by atoms with Crippen molar-refractivity contribution in [2.45, 2.75) is 27.2 Å². The van der Waals surface area contributed by atoms with E-state index in [0.717, 1.165) is 12.0 Å². The molecule has 0 saturated carbocycles. The molecule has 0 N–H and O–H groups in total. The molecule has 0 aliphatic heterocycles. The first-order valence-electron chi connectivity index (χ1n) is 3.99. The molecule has 1 rings (SSSR count). The van der Waals surface area contributed by atoms with E-state index in [9.17, 15) is 4.39 Å². The summed E-state index contributed by atoms with van der Waals surface area (Å²) < 4.78 is 12.3. The zero-order valence-corrected chi connectivity index (χ0v) is 9.16. The molecule has 0 saturated heterocycles. The smallest absolute Gasteiger partial charge is 0.0111 e. The number of halogens is 1. The number of aryl methyl sites for hydroxylation is 1. The standard InChI is InChI=1S/C8H8F.C2H6.V/c1-2-7-4-3-5-8(9)6-7;1-2;/h3-4,6H,2H2,1H3;1-2H3;/q-1;;. The summed E-state index contributed by atoms with van der Waals surface area (Å²) >= 11 is 0. The summed E-state index contributed by atoms with van der Waals surface area (Å²) in [5, 5.41) is 0. The molecule has 0 spiro atoms. The maximum Gasteiger partial charge on any atom is 0.0111 e. The van der Waals surface area contributed by atoms with Crippen LogP contribution < -0.4 is 0 Å². The second-order valence-electron chi connectivity index (χ2n) is 1.90. The van der Waals surface area contributed by atoms with Crippen LogP contribution in [0.5, 0.6) is 0 Å². The molecule has 12 heavy (non-hydrogen) atoms. The third-order valence-electron chi connectivity index (χ3n) is 1.24. The van der Waals surface area contributed by atoms with Gasteiger partial charge in [-0.05, 0) is 0 Å². The Morgan fingerprint density at radius 1 is 1.42 bits per heavy atom. The van der Waals surface area contributed by atoms with Crippen LogP contribution in [0.15, 0.2) is 18.2 Å². The Balaban J connectivity index is 0. The van der Waals surface area contributed by atoms with Gasteiger partial charge in [-0.3, -0.25) is 0 Å². The Kier molecular flexibility index (Phi) is 10.5. The molecule has 0 unspecified atom stereocenters. The molecule has 0 aliphatic carbocycles. The van der Waals surface area contributed by atoms with Gasteiger partial charge >= 0.3 is 0 Å². The van der Waals surface area contributed by atoms with E-state index in [1.165, 1.54) is 6.07 Å². The fourth-order valence-electron chi connectivity index (χ4n) is 0.701. The van der Waals surface area contributed by atoms with E-state index in [2.05, 4.69) is 6.07 Å². The van der Waals surface area contributed by atoms with Crippen LogP contribution in [0, 0.1) is 11.9 Å². The third-order valence-corrected chi connectivity index (χ3v) is 1.24. The van der Waals surface area contributed by atoms with Gasteiger partial charge in [-0.1, -0.05) is 27.2 Å². The van der Waals surface area contributed by atoms with E-state index in [4.69, 9.17) is 0 Å². The van der Waals surface area contributed by atoms with Gasteiger partial charge in [0, 0.05) is 24.4 Å². The van der Waals surface area contributed by atoms with E-state index < -0.39 is 0 Å². The zero-order valence-electron chi connectivity index (χ0n) is 7.76. The van der Waals surface area contributed by atoms with Crippen LogP contribution in [0.4, 0.5) is 4.39 Å². The Morgan fingerprint density at radius 2 is 2.00 bits per heavy atom. The molecule has 0 fully saturated rings. The molecule has 0 bridgehead atoms. The average molecular weight is 204 g/mol. The second kappa shape index (κ2) is 8.83. The molecule has 1 radical (unpaired) electrons. The average Bonchev–Trinajstić information content (AvgIpc) is 2.08. The van der Waals surface area contributed by atoms with Gasteiger partial charge in [-0.15, -0.1) is 12.1 Å². The topological polar surface area (TPSA) is 0 Å². The molecule has 2 heteroatoms. The van der Waals surface area contributed by atoms with Crippen molar-refractivity contribution < 1.29 is 22.9 Å². The Hall–Kier alpha value is -0.266. The van der Waals surface area contributed by atoms with Crippen LogP contribution in [0.3, 0.4) is 0 Å². The maximum absolute atomic E-state index is 12.3. The zero-order chi connectivity index (χ0) is 8.69. The van der Waals surface area contributed by atoms with Gasteiger partial charge in [-0.2, -0.15) is 17.7 Å². The predicted molar refractivity (Wildman–Crippen MR) is 46.0 cm³/mol. The van der Waals surface area contributed by atoms with E-state index in [1.54, 1.807) is 6.07 Å². The quantitative estimate of drug-likeness (QED) is 0.616. The molecule has 67 valence electrons. The number of rotatable bonds is 1. The molecule has 0 atom stereocenters. The van der Waals surface area contributed by atoms with Gasteiger partial charge in [0.05, 0.1) is 0 Å². The molecule has 0 amide bonds. The van der Waals surface area contributed by atoms with Crippen LogP contribution in [0.2, 0.25) is 0 Å². The maximum atomic E-state index is 12.3. The van der Waals surface area contributed by atoms with E-state index in [-0.39, 0.29) is 24.4 Å². The minimum absolute atomic E-state index is 0. The summed E-state index contributed by atoms with van der Waals surface area (Å²) in [6.07, 6.45) is 0.881. The van der Waals surface area contributed by atoms with Crippen molar-refractivity contribution in [1.82, 2.24) is 0 Å². The Morgan fingerprint density at radius 3 is 2.33 bits per heavy atom. The summed E-state index contributed by atoms with van der Waals surface area (Å²) in [4.78, 5) is 0. The van der Waals surface area contributed by atoms with E-state index >= 15 is 0 Å². The second-order valence-corrected chi connectivity index (χ2v) is 1.90.